The minimum absolute atomic E-state index is 0.196. The van der Waals surface area contributed by atoms with Gasteiger partial charge in [-0.05, 0) is 6.42 Å². The Balaban J connectivity index is 2.54. The van der Waals surface area contributed by atoms with Gasteiger partial charge in [0.05, 0.1) is 12.7 Å². The highest BCUT2D eigenvalue weighted by Crippen LogP contribution is 2.66. The Kier molecular flexibility index (Phi) is 10.4. The summed E-state index contributed by atoms with van der Waals surface area (Å²) in [4.78, 5) is 35.5. The van der Waals surface area contributed by atoms with Crippen molar-refractivity contribution in [1.82, 2.24) is 0 Å². The molecule has 0 bridgehead atoms. The van der Waals surface area contributed by atoms with E-state index in [1.165, 1.54) is 10.8 Å². The monoisotopic (exact) mass is 476 g/mol. The Hall–Kier alpha value is 1.09. The van der Waals surface area contributed by atoms with Crippen LogP contribution in [-0.4, -0.2) is 63.9 Å². The van der Waals surface area contributed by atoms with Crippen molar-refractivity contribution in [2.24, 2.45) is 0 Å². The first kappa shape index (κ1) is 25.1. The highest BCUT2D eigenvalue weighted by molar-refractivity contribution is 8.76. The number of hydrogen-bond acceptors (Lipinski definition) is 10. The second-order valence-corrected chi connectivity index (χ2v) is 12.1. The van der Waals surface area contributed by atoms with Gasteiger partial charge in [0.25, 0.3) is 0 Å². The quantitative estimate of drug-likeness (QED) is 0.102. The topological polar surface area (TPSA) is 178 Å². The number of phosphoric ester groups is 1. The highest BCUT2D eigenvalue weighted by Gasteiger charge is 2.42. The van der Waals surface area contributed by atoms with Gasteiger partial charge in [-0.15, -0.1) is 0 Å². The van der Waals surface area contributed by atoms with Crippen LogP contribution >= 0.6 is 45.1 Å². The Morgan fingerprint density at radius 2 is 1.77 bits per heavy atom. The molecule has 26 heavy (non-hydrogen) atoms. The number of hydrogen-bond donors (Lipinski definition) is 4. The molecule has 0 amide bonds. The maximum absolute atomic E-state index is 11.7. The Labute approximate surface area is 158 Å². The molecule has 0 saturated carbocycles. The van der Waals surface area contributed by atoms with Crippen molar-refractivity contribution in [1.29, 1.82) is 0 Å². The fourth-order valence-corrected chi connectivity index (χ4v) is 6.31. The summed E-state index contributed by atoms with van der Waals surface area (Å²) in [6.45, 7) is 1.48. The summed E-state index contributed by atoms with van der Waals surface area (Å²) in [5.41, 5.74) is 0. The normalized spacial score (nSPS) is 28.6. The minimum Gasteiger partial charge on any atom is -0.379 e. The third-order valence-corrected chi connectivity index (χ3v) is 8.67. The average molecular weight is 476 g/mol. The first-order valence-electron chi connectivity index (χ1n) is 7.13. The standard InChI is InChI=1S/C8H20BO12P3S2/c1-2-25-26-5-17-6-3-8(9)19-7(6)4-18-23(13,14)21-24(15,16)20-22(10,11)12/h6-8H,2-5,9H2,1H3,(H,13,14)(H,15,16)(H2,10,11,12). The number of phosphoric acid groups is 3. The third-order valence-electron chi connectivity index (χ3n) is 2.74. The van der Waals surface area contributed by atoms with E-state index in [1.54, 1.807) is 18.6 Å². The lowest BCUT2D eigenvalue weighted by molar-refractivity contribution is -0.0237. The van der Waals surface area contributed by atoms with Crippen LogP contribution in [0.5, 0.6) is 0 Å². The summed E-state index contributed by atoms with van der Waals surface area (Å²) in [6, 6.07) is -0.196. The van der Waals surface area contributed by atoms with Gasteiger partial charge in [0, 0.05) is 11.8 Å². The summed E-state index contributed by atoms with van der Waals surface area (Å²) in [6.07, 6.45) is -0.647. The van der Waals surface area contributed by atoms with Crippen molar-refractivity contribution in [3.8, 4) is 0 Å². The van der Waals surface area contributed by atoms with Gasteiger partial charge in [0.2, 0.25) is 0 Å². The fraction of sp³-hybridized carbons (Fsp3) is 1.00. The van der Waals surface area contributed by atoms with Crippen LogP contribution in [0, 0.1) is 0 Å². The van der Waals surface area contributed by atoms with Crippen LogP contribution in [0.3, 0.4) is 0 Å². The molecule has 1 heterocycles. The molecule has 1 rings (SSSR count). The van der Waals surface area contributed by atoms with Crippen molar-refractivity contribution >= 4 is 52.9 Å². The molecule has 0 radical (unpaired) electrons. The summed E-state index contributed by atoms with van der Waals surface area (Å²) < 4.78 is 56.5. The van der Waals surface area contributed by atoms with Crippen LogP contribution in [0.2, 0.25) is 0 Å². The maximum Gasteiger partial charge on any atom is 0.490 e. The van der Waals surface area contributed by atoms with Gasteiger partial charge < -0.3 is 29.0 Å². The van der Waals surface area contributed by atoms with Crippen molar-refractivity contribution < 1.29 is 55.9 Å². The molecule has 0 aromatic carbocycles. The van der Waals surface area contributed by atoms with E-state index in [4.69, 9.17) is 24.2 Å². The Morgan fingerprint density at radius 1 is 1.12 bits per heavy atom. The lowest BCUT2D eigenvalue weighted by atomic mass is 9.96. The molecular weight excluding hydrogens is 456 g/mol. The molecule has 1 saturated heterocycles. The largest absolute Gasteiger partial charge is 0.490 e. The zero-order valence-electron chi connectivity index (χ0n) is 13.8. The first-order chi connectivity index (χ1) is 11.8. The van der Waals surface area contributed by atoms with E-state index in [0.717, 1.165) is 5.75 Å². The van der Waals surface area contributed by atoms with Gasteiger partial charge in [-0.25, -0.2) is 13.7 Å². The van der Waals surface area contributed by atoms with Gasteiger partial charge in [0.1, 0.15) is 19.9 Å². The van der Waals surface area contributed by atoms with Crippen molar-refractivity contribution in [2.75, 3.05) is 18.3 Å². The predicted octanol–water partition coefficient (Wildman–Crippen LogP) is 0.822. The second kappa shape index (κ2) is 10.8. The molecule has 154 valence electrons. The summed E-state index contributed by atoms with van der Waals surface area (Å²) in [5, 5.41) is 0. The maximum atomic E-state index is 11.7. The molecule has 1 aliphatic heterocycles. The van der Waals surface area contributed by atoms with Gasteiger partial charge in [-0.2, -0.15) is 8.62 Å². The second-order valence-electron chi connectivity index (χ2n) is 4.95. The molecule has 5 unspecified atom stereocenters. The molecule has 4 N–H and O–H groups in total. The lowest BCUT2D eigenvalue weighted by Crippen LogP contribution is -2.29. The van der Waals surface area contributed by atoms with Crippen LogP contribution in [-0.2, 0) is 36.3 Å². The van der Waals surface area contributed by atoms with Gasteiger partial charge in [0.15, 0.2) is 0 Å². The Morgan fingerprint density at radius 3 is 2.35 bits per heavy atom. The third kappa shape index (κ3) is 10.6. The van der Waals surface area contributed by atoms with Crippen LogP contribution in [0.4, 0.5) is 0 Å². The first-order valence-corrected chi connectivity index (χ1v) is 14.1. The summed E-state index contributed by atoms with van der Waals surface area (Å²) in [7, 11) is -11.3. The lowest BCUT2D eigenvalue weighted by Gasteiger charge is -2.21. The molecule has 0 spiro atoms. The van der Waals surface area contributed by atoms with Crippen LogP contribution < -0.4 is 0 Å². The zero-order chi connectivity index (χ0) is 20.0. The average Bonchev–Trinajstić information content (AvgIpc) is 2.78. The van der Waals surface area contributed by atoms with Crippen LogP contribution in [0.25, 0.3) is 0 Å². The summed E-state index contributed by atoms with van der Waals surface area (Å²) >= 11 is 0. The molecule has 0 aliphatic carbocycles. The molecule has 5 atom stereocenters. The molecular formula is C8H20BO12P3S2. The van der Waals surface area contributed by atoms with E-state index in [0.29, 0.717) is 12.4 Å². The molecule has 0 aromatic heterocycles. The molecule has 1 fully saturated rings. The molecule has 12 nitrogen and oxygen atoms in total. The van der Waals surface area contributed by atoms with E-state index in [-0.39, 0.29) is 6.00 Å². The van der Waals surface area contributed by atoms with E-state index in [1.807, 2.05) is 6.92 Å². The highest BCUT2D eigenvalue weighted by atomic mass is 33.1. The molecule has 0 aromatic rings. The summed E-state index contributed by atoms with van der Waals surface area (Å²) in [5.74, 6) is 1.27. The smallest absolute Gasteiger partial charge is 0.379 e. The number of rotatable bonds is 12. The van der Waals surface area contributed by atoms with Crippen LogP contribution in [0.15, 0.2) is 0 Å². The van der Waals surface area contributed by atoms with Crippen molar-refractivity contribution in [2.45, 2.75) is 31.6 Å². The van der Waals surface area contributed by atoms with E-state index >= 15 is 0 Å². The molecule has 1 aliphatic rings. The van der Waals surface area contributed by atoms with Crippen LogP contribution in [0.1, 0.15) is 13.3 Å². The minimum atomic E-state index is -5.53. The Bertz CT molecular complexity index is 589. The molecule has 18 heteroatoms. The SMILES string of the molecule is BC1CC(OCSSCC)C(COP(=O)(O)OP(=O)(O)OP(=O)(O)O)O1. The predicted molar refractivity (Wildman–Crippen MR) is 97.1 cm³/mol. The number of ether oxygens (including phenoxy) is 2. The van der Waals surface area contributed by atoms with Gasteiger partial charge in [-0.3, -0.25) is 4.52 Å². The van der Waals surface area contributed by atoms with E-state index in [9.17, 15) is 18.6 Å². The van der Waals surface area contributed by atoms with Crippen molar-refractivity contribution in [3.63, 3.8) is 0 Å². The fourth-order valence-electron chi connectivity index (χ4n) is 1.95. The zero-order valence-corrected chi connectivity index (χ0v) is 18.1. The van der Waals surface area contributed by atoms with Gasteiger partial charge in [-0.1, -0.05) is 28.5 Å². The van der Waals surface area contributed by atoms with Gasteiger partial charge >= 0.3 is 23.5 Å². The van der Waals surface area contributed by atoms with E-state index < -0.39 is 42.3 Å². The van der Waals surface area contributed by atoms with Crippen molar-refractivity contribution in [3.05, 3.63) is 0 Å². The van der Waals surface area contributed by atoms with E-state index in [2.05, 4.69) is 13.1 Å².